The molecule has 5 nitrogen and oxygen atoms in total. The van der Waals surface area contributed by atoms with E-state index in [0.29, 0.717) is 33.3 Å². The molecule has 0 aliphatic carbocycles. The van der Waals surface area contributed by atoms with Crippen molar-refractivity contribution < 1.29 is 13.2 Å². The predicted octanol–water partition coefficient (Wildman–Crippen LogP) is 3.86. The van der Waals surface area contributed by atoms with Gasteiger partial charge in [-0.05, 0) is 24.8 Å². The highest BCUT2D eigenvalue weighted by Crippen LogP contribution is 2.36. The second-order valence-electron chi connectivity index (χ2n) is 5.19. The zero-order valence-corrected chi connectivity index (χ0v) is 14.0. The fourth-order valence-corrected chi connectivity index (χ4v) is 3.13. The number of thioether (sulfide) groups is 1. The van der Waals surface area contributed by atoms with E-state index >= 15 is 0 Å². The molecule has 126 valence electrons. The maximum Gasteiger partial charge on any atom is 0.417 e. The molecular weight excluding hydrogens is 339 g/mol. The van der Waals surface area contributed by atoms with Gasteiger partial charge in [0.2, 0.25) is 0 Å². The van der Waals surface area contributed by atoms with Crippen LogP contribution < -0.4 is 0 Å². The Labute approximate surface area is 140 Å². The number of hydrogen-bond acceptors (Lipinski definition) is 5. The maximum atomic E-state index is 12.9. The smallest absolute Gasteiger partial charge is 0.309 e. The zero-order chi connectivity index (χ0) is 17.5. The van der Waals surface area contributed by atoms with Gasteiger partial charge in [-0.15, -0.1) is 16.9 Å². The molecule has 3 aromatic rings. The molecular formula is C15H14F3N5S. The lowest BCUT2D eigenvalue weighted by atomic mass is 10.2. The number of hydrogen-bond donors (Lipinski definition) is 0. The summed E-state index contributed by atoms with van der Waals surface area (Å²) in [6.07, 6.45) is -3.59. The molecule has 3 aromatic heterocycles. The summed E-state index contributed by atoms with van der Waals surface area (Å²) in [6, 6.07) is 2.90. The fraction of sp³-hybridized carbons (Fsp3) is 0.333. The van der Waals surface area contributed by atoms with E-state index in [9.17, 15) is 13.2 Å². The molecule has 24 heavy (non-hydrogen) atoms. The van der Waals surface area contributed by atoms with Crippen LogP contribution >= 0.6 is 11.8 Å². The minimum Gasteiger partial charge on any atom is -0.309 e. The number of pyridine rings is 1. The molecule has 0 unspecified atom stereocenters. The number of aromatic nitrogens is 5. The van der Waals surface area contributed by atoms with Crippen molar-refractivity contribution in [3.8, 4) is 11.5 Å². The summed E-state index contributed by atoms with van der Waals surface area (Å²) >= 11 is 1.30. The zero-order valence-electron chi connectivity index (χ0n) is 13.2. The molecule has 0 aromatic carbocycles. The molecule has 0 aliphatic heterocycles. The molecule has 0 aliphatic rings. The highest BCUT2D eigenvalue weighted by Gasteiger charge is 2.32. The van der Waals surface area contributed by atoms with Crippen molar-refractivity contribution in [3.05, 3.63) is 29.6 Å². The molecule has 0 saturated carbocycles. The molecule has 0 radical (unpaired) electrons. The van der Waals surface area contributed by atoms with Crippen LogP contribution in [0.5, 0.6) is 0 Å². The Morgan fingerprint density at radius 2 is 1.96 bits per heavy atom. The third-order valence-electron chi connectivity index (χ3n) is 3.43. The molecule has 9 heteroatoms. The molecule has 0 bridgehead atoms. The molecule has 3 heterocycles. The van der Waals surface area contributed by atoms with Crippen LogP contribution in [0.3, 0.4) is 0 Å². The first kappa shape index (κ1) is 16.7. The van der Waals surface area contributed by atoms with Crippen LogP contribution in [-0.4, -0.2) is 30.5 Å². The number of alkyl halides is 3. The van der Waals surface area contributed by atoms with Gasteiger partial charge in [0.15, 0.2) is 11.5 Å². The van der Waals surface area contributed by atoms with E-state index in [2.05, 4.69) is 20.2 Å². The van der Waals surface area contributed by atoms with Crippen LogP contribution in [0.15, 0.2) is 23.2 Å². The second kappa shape index (κ2) is 6.04. The summed E-state index contributed by atoms with van der Waals surface area (Å²) in [6.45, 7) is 3.67. The van der Waals surface area contributed by atoms with Crippen LogP contribution in [0.2, 0.25) is 0 Å². The van der Waals surface area contributed by atoms with Crippen LogP contribution in [0.4, 0.5) is 13.2 Å². The minimum absolute atomic E-state index is 0.410. The summed E-state index contributed by atoms with van der Waals surface area (Å²) in [5.41, 5.74) is 1.55. The number of aryl methyl sites for hydroxylation is 2. The van der Waals surface area contributed by atoms with Gasteiger partial charge in [-0.2, -0.15) is 18.3 Å². The quantitative estimate of drug-likeness (QED) is 0.669. The Hall–Kier alpha value is -2.16. The first-order chi connectivity index (χ1) is 11.3. The van der Waals surface area contributed by atoms with E-state index < -0.39 is 11.7 Å². The van der Waals surface area contributed by atoms with Crippen LogP contribution in [-0.2, 0) is 13.2 Å². The van der Waals surface area contributed by atoms with Gasteiger partial charge >= 0.3 is 6.18 Å². The van der Waals surface area contributed by atoms with Crippen molar-refractivity contribution in [3.63, 3.8) is 0 Å². The van der Waals surface area contributed by atoms with Gasteiger partial charge in [-0.1, -0.05) is 6.92 Å². The summed E-state index contributed by atoms with van der Waals surface area (Å²) in [4.78, 5) is 8.96. The van der Waals surface area contributed by atoms with Crippen LogP contribution in [0.25, 0.3) is 22.7 Å². The molecule has 0 N–H and O–H groups in total. The minimum atomic E-state index is -4.43. The molecule has 0 amide bonds. The number of halogens is 3. The van der Waals surface area contributed by atoms with E-state index in [1.54, 1.807) is 24.6 Å². The predicted molar refractivity (Wildman–Crippen MR) is 85.7 cm³/mol. The van der Waals surface area contributed by atoms with E-state index in [1.807, 2.05) is 6.92 Å². The average molecular weight is 353 g/mol. The Balaban J connectivity index is 2.20. The lowest BCUT2D eigenvalue weighted by molar-refractivity contribution is -0.138. The van der Waals surface area contributed by atoms with Gasteiger partial charge in [0, 0.05) is 18.1 Å². The highest BCUT2D eigenvalue weighted by molar-refractivity contribution is 7.99. The van der Waals surface area contributed by atoms with Crippen LogP contribution in [0.1, 0.15) is 18.2 Å². The number of imidazole rings is 1. The van der Waals surface area contributed by atoms with Gasteiger partial charge < -0.3 is 4.57 Å². The number of fused-ring (bicyclic) bond motifs is 1. The first-order valence-corrected chi connectivity index (χ1v) is 8.17. The van der Waals surface area contributed by atoms with E-state index in [1.165, 1.54) is 11.8 Å². The van der Waals surface area contributed by atoms with Gasteiger partial charge in [0.05, 0.1) is 11.3 Å². The van der Waals surface area contributed by atoms with Crippen molar-refractivity contribution in [2.45, 2.75) is 24.9 Å². The van der Waals surface area contributed by atoms with Crippen molar-refractivity contribution in [2.24, 2.45) is 7.05 Å². The van der Waals surface area contributed by atoms with Crippen LogP contribution in [0, 0.1) is 6.92 Å². The molecule has 0 saturated heterocycles. The Morgan fingerprint density at radius 3 is 2.62 bits per heavy atom. The standard InChI is InChI=1S/C15H14F3N5S/c1-4-24-11-6-9(15(16,17)18)7-19-12(11)14-20-10-5-8(2)21-22-13(10)23(14)3/h5-7H,4H2,1-3H3. The molecule has 3 rings (SSSR count). The van der Waals surface area contributed by atoms with Gasteiger partial charge in [0.1, 0.15) is 11.2 Å². The van der Waals surface area contributed by atoms with E-state index in [0.717, 1.165) is 18.0 Å². The fourth-order valence-electron chi connectivity index (χ4n) is 2.32. The molecule has 0 fully saturated rings. The third-order valence-corrected chi connectivity index (χ3v) is 4.34. The lowest BCUT2D eigenvalue weighted by Crippen LogP contribution is -2.07. The summed E-state index contributed by atoms with van der Waals surface area (Å²) in [5.74, 6) is 1.09. The maximum absolute atomic E-state index is 12.9. The highest BCUT2D eigenvalue weighted by atomic mass is 32.2. The third kappa shape index (κ3) is 2.95. The molecule has 0 spiro atoms. The van der Waals surface area contributed by atoms with Gasteiger partial charge in [-0.25, -0.2) is 4.98 Å². The monoisotopic (exact) mass is 353 g/mol. The SMILES string of the molecule is CCSc1cc(C(F)(F)F)cnc1-c1nc2cc(C)nnc2n1C. The summed E-state index contributed by atoms with van der Waals surface area (Å²) < 4.78 is 40.5. The lowest BCUT2D eigenvalue weighted by Gasteiger charge is -2.11. The van der Waals surface area contributed by atoms with Crippen molar-refractivity contribution in [1.29, 1.82) is 0 Å². The normalized spacial score (nSPS) is 12.1. The Bertz CT molecular complexity index is 904. The van der Waals surface area contributed by atoms with Crippen molar-refractivity contribution in [1.82, 2.24) is 24.7 Å². The van der Waals surface area contributed by atoms with Gasteiger partial charge in [-0.3, -0.25) is 4.98 Å². The number of nitrogens with zero attached hydrogens (tertiary/aromatic N) is 5. The Morgan fingerprint density at radius 1 is 1.21 bits per heavy atom. The summed E-state index contributed by atoms with van der Waals surface area (Å²) in [5, 5.41) is 8.09. The van der Waals surface area contributed by atoms with E-state index in [-0.39, 0.29) is 0 Å². The van der Waals surface area contributed by atoms with Gasteiger partial charge in [0.25, 0.3) is 0 Å². The summed E-state index contributed by atoms with van der Waals surface area (Å²) in [7, 11) is 1.74. The average Bonchev–Trinajstić information content (AvgIpc) is 2.83. The number of rotatable bonds is 3. The second-order valence-corrected chi connectivity index (χ2v) is 6.50. The Kier molecular flexibility index (Phi) is 4.20. The van der Waals surface area contributed by atoms with E-state index in [4.69, 9.17) is 0 Å². The van der Waals surface area contributed by atoms with Crippen molar-refractivity contribution in [2.75, 3.05) is 5.75 Å². The van der Waals surface area contributed by atoms with Crippen molar-refractivity contribution >= 4 is 22.9 Å². The topological polar surface area (TPSA) is 56.5 Å². The molecule has 0 atom stereocenters. The first-order valence-electron chi connectivity index (χ1n) is 7.18. The largest absolute Gasteiger partial charge is 0.417 e.